The first-order valence-corrected chi connectivity index (χ1v) is 9.07. The molecule has 2 aromatic carbocycles. The fourth-order valence-corrected chi connectivity index (χ4v) is 3.23. The Hall–Kier alpha value is -1.75. The molecule has 2 aromatic rings. The van der Waals surface area contributed by atoms with E-state index in [-0.39, 0.29) is 6.10 Å². The minimum atomic E-state index is -0.754. The number of aliphatic hydroxyl groups is 1. The standard InChI is InChI=1S/C20H24ClNO3/c1-3-22(4-2)12-17-13-24-18-9-8-15(11-19(18)25-17)20(23)14-6-5-7-16(21)10-14/h5-11,17,20,23H,3-4,12-13H2,1-2H3. The van der Waals surface area contributed by atoms with E-state index >= 15 is 0 Å². The van der Waals surface area contributed by atoms with Crippen LogP contribution in [-0.2, 0) is 0 Å². The number of rotatable bonds is 6. The van der Waals surface area contributed by atoms with Gasteiger partial charge in [-0.25, -0.2) is 0 Å². The molecular weight excluding hydrogens is 338 g/mol. The van der Waals surface area contributed by atoms with Gasteiger partial charge in [-0.3, -0.25) is 0 Å². The Morgan fingerprint density at radius 1 is 1.12 bits per heavy atom. The summed E-state index contributed by atoms with van der Waals surface area (Å²) in [7, 11) is 0. The number of fused-ring (bicyclic) bond motifs is 1. The molecule has 3 rings (SSSR count). The van der Waals surface area contributed by atoms with Gasteiger partial charge in [0.2, 0.25) is 0 Å². The van der Waals surface area contributed by atoms with E-state index in [9.17, 15) is 5.11 Å². The summed E-state index contributed by atoms with van der Waals surface area (Å²) in [6, 6.07) is 12.8. The van der Waals surface area contributed by atoms with E-state index in [0.717, 1.165) is 36.5 Å². The predicted octanol–water partition coefficient (Wildman–Crippen LogP) is 3.90. The van der Waals surface area contributed by atoms with Crippen molar-refractivity contribution in [3.63, 3.8) is 0 Å². The third-order valence-corrected chi connectivity index (χ3v) is 4.76. The molecule has 4 nitrogen and oxygen atoms in total. The fourth-order valence-electron chi connectivity index (χ4n) is 3.03. The Balaban J connectivity index is 1.77. The van der Waals surface area contributed by atoms with E-state index in [0.29, 0.717) is 17.4 Å². The lowest BCUT2D eigenvalue weighted by atomic mass is 10.0. The molecule has 1 heterocycles. The Morgan fingerprint density at radius 2 is 1.88 bits per heavy atom. The maximum absolute atomic E-state index is 10.6. The van der Waals surface area contributed by atoms with Crippen molar-refractivity contribution in [3.05, 3.63) is 58.6 Å². The van der Waals surface area contributed by atoms with Gasteiger partial charge in [-0.2, -0.15) is 0 Å². The Bertz CT molecular complexity index is 718. The topological polar surface area (TPSA) is 41.9 Å². The van der Waals surface area contributed by atoms with Crippen LogP contribution in [0.15, 0.2) is 42.5 Å². The second-order valence-corrected chi connectivity index (χ2v) is 6.64. The van der Waals surface area contributed by atoms with E-state index in [2.05, 4.69) is 18.7 Å². The molecule has 1 N–H and O–H groups in total. The van der Waals surface area contributed by atoms with E-state index in [4.69, 9.17) is 21.1 Å². The summed E-state index contributed by atoms with van der Waals surface area (Å²) in [5, 5.41) is 11.2. The molecule has 0 saturated heterocycles. The number of benzene rings is 2. The molecule has 1 aliphatic rings. The Kier molecular flexibility index (Phi) is 5.84. The summed E-state index contributed by atoms with van der Waals surface area (Å²) in [5.41, 5.74) is 1.51. The normalized spacial score (nSPS) is 17.6. The van der Waals surface area contributed by atoms with E-state index in [1.165, 1.54) is 0 Å². The fraction of sp³-hybridized carbons (Fsp3) is 0.400. The summed E-state index contributed by atoms with van der Waals surface area (Å²) in [6.07, 6.45) is -0.762. The van der Waals surface area contributed by atoms with Crippen LogP contribution in [0.2, 0.25) is 5.02 Å². The molecular formula is C20H24ClNO3. The SMILES string of the molecule is CCN(CC)CC1COc2ccc(C(O)c3cccc(Cl)c3)cc2O1. The molecule has 2 atom stereocenters. The molecule has 0 bridgehead atoms. The van der Waals surface area contributed by atoms with Crippen molar-refractivity contribution in [2.45, 2.75) is 26.1 Å². The van der Waals surface area contributed by atoms with Gasteiger partial charge in [-0.05, 0) is 48.5 Å². The number of aliphatic hydroxyl groups excluding tert-OH is 1. The van der Waals surface area contributed by atoms with Crippen LogP contribution >= 0.6 is 11.6 Å². The second kappa shape index (κ2) is 8.09. The number of hydrogen-bond acceptors (Lipinski definition) is 4. The van der Waals surface area contributed by atoms with Crippen LogP contribution in [0.25, 0.3) is 0 Å². The van der Waals surface area contributed by atoms with Crippen LogP contribution in [0, 0.1) is 0 Å². The summed E-state index contributed by atoms with van der Waals surface area (Å²) >= 11 is 6.03. The van der Waals surface area contributed by atoms with Gasteiger partial charge in [0.05, 0.1) is 0 Å². The number of halogens is 1. The highest BCUT2D eigenvalue weighted by Gasteiger charge is 2.24. The first-order valence-electron chi connectivity index (χ1n) is 8.70. The molecule has 1 aliphatic heterocycles. The molecule has 0 spiro atoms. The van der Waals surface area contributed by atoms with Crippen LogP contribution < -0.4 is 9.47 Å². The van der Waals surface area contributed by atoms with E-state index in [1.54, 1.807) is 12.1 Å². The first kappa shape index (κ1) is 18.1. The lowest BCUT2D eigenvalue weighted by Gasteiger charge is -2.30. The van der Waals surface area contributed by atoms with Crippen molar-refractivity contribution >= 4 is 11.6 Å². The van der Waals surface area contributed by atoms with Crippen molar-refractivity contribution in [3.8, 4) is 11.5 Å². The molecule has 25 heavy (non-hydrogen) atoms. The van der Waals surface area contributed by atoms with Gasteiger partial charge in [-0.1, -0.05) is 43.6 Å². The van der Waals surface area contributed by atoms with Crippen LogP contribution in [0.1, 0.15) is 31.1 Å². The van der Waals surface area contributed by atoms with Gasteiger partial charge in [0.25, 0.3) is 0 Å². The average molecular weight is 362 g/mol. The molecule has 0 amide bonds. The maximum Gasteiger partial charge on any atom is 0.162 e. The number of hydrogen-bond donors (Lipinski definition) is 1. The molecule has 0 fully saturated rings. The second-order valence-electron chi connectivity index (χ2n) is 6.20. The average Bonchev–Trinajstić information content (AvgIpc) is 2.64. The molecule has 0 radical (unpaired) electrons. The van der Waals surface area contributed by atoms with Gasteiger partial charge in [-0.15, -0.1) is 0 Å². The molecule has 0 aliphatic carbocycles. The Labute approximate surface area is 153 Å². The third-order valence-electron chi connectivity index (χ3n) is 4.52. The molecule has 5 heteroatoms. The van der Waals surface area contributed by atoms with Gasteiger partial charge < -0.3 is 19.5 Å². The summed E-state index contributed by atoms with van der Waals surface area (Å²) in [6.45, 7) is 7.61. The number of likely N-dealkylation sites (N-methyl/N-ethyl adjacent to an activating group) is 1. The van der Waals surface area contributed by atoms with Crippen LogP contribution in [0.5, 0.6) is 11.5 Å². The number of nitrogens with zero attached hydrogens (tertiary/aromatic N) is 1. The van der Waals surface area contributed by atoms with Crippen LogP contribution in [0.3, 0.4) is 0 Å². The first-order chi connectivity index (χ1) is 12.1. The van der Waals surface area contributed by atoms with E-state index in [1.807, 2.05) is 30.3 Å². The smallest absolute Gasteiger partial charge is 0.162 e. The largest absolute Gasteiger partial charge is 0.486 e. The zero-order valence-corrected chi connectivity index (χ0v) is 15.4. The van der Waals surface area contributed by atoms with Gasteiger partial charge in [0, 0.05) is 11.6 Å². The zero-order valence-electron chi connectivity index (χ0n) is 14.6. The highest BCUT2D eigenvalue weighted by Crippen LogP contribution is 2.36. The van der Waals surface area contributed by atoms with Crippen molar-refractivity contribution in [2.75, 3.05) is 26.2 Å². The minimum absolute atomic E-state index is 0.00837. The monoisotopic (exact) mass is 361 g/mol. The lowest BCUT2D eigenvalue weighted by molar-refractivity contribution is 0.0611. The zero-order chi connectivity index (χ0) is 17.8. The van der Waals surface area contributed by atoms with Crippen molar-refractivity contribution in [2.24, 2.45) is 0 Å². The number of ether oxygens (including phenoxy) is 2. The third kappa shape index (κ3) is 4.27. The summed E-state index contributed by atoms with van der Waals surface area (Å²) < 4.78 is 11.9. The van der Waals surface area contributed by atoms with Crippen molar-refractivity contribution < 1.29 is 14.6 Å². The van der Waals surface area contributed by atoms with E-state index < -0.39 is 6.10 Å². The van der Waals surface area contributed by atoms with Gasteiger partial charge >= 0.3 is 0 Å². The maximum atomic E-state index is 10.6. The van der Waals surface area contributed by atoms with Crippen LogP contribution in [-0.4, -0.2) is 42.4 Å². The molecule has 0 saturated carbocycles. The van der Waals surface area contributed by atoms with Gasteiger partial charge in [0.15, 0.2) is 11.5 Å². The Morgan fingerprint density at radius 3 is 2.60 bits per heavy atom. The molecule has 2 unspecified atom stereocenters. The van der Waals surface area contributed by atoms with Crippen molar-refractivity contribution in [1.82, 2.24) is 4.90 Å². The quantitative estimate of drug-likeness (QED) is 0.847. The van der Waals surface area contributed by atoms with Crippen molar-refractivity contribution in [1.29, 1.82) is 0 Å². The lowest BCUT2D eigenvalue weighted by Crippen LogP contribution is -2.40. The summed E-state index contributed by atoms with van der Waals surface area (Å²) in [5.74, 6) is 1.40. The van der Waals surface area contributed by atoms with Gasteiger partial charge in [0.1, 0.15) is 18.8 Å². The highest BCUT2D eigenvalue weighted by atomic mass is 35.5. The van der Waals surface area contributed by atoms with Crippen LogP contribution in [0.4, 0.5) is 0 Å². The summed E-state index contributed by atoms with van der Waals surface area (Å²) in [4.78, 5) is 2.31. The minimum Gasteiger partial charge on any atom is -0.486 e. The molecule has 134 valence electrons. The molecule has 0 aromatic heterocycles. The predicted molar refractivity (Wildman–Crippen MR) is 99.7 cm³/mol. The highest BCUT2D eigenvalue weighted by molar-refractivity contribution is 6.30.